The van der Waals surface area contributed by atoms with E-state index in [0.717, 1.165) is 51.4 Å². The zero-order valence-corrected chi connectivity index (χ0v) is 22.5. The number of carbonyl (C=O) groups excluding carboxylic acids is 1. The van der Waals surface area contributed by atoms with Crippen LogP contribution in [0.4, 0.5) is 0 Å². The van der Waals surface area contributed by atoms with Crippen LogP contribution in [-0.2, 0) is 9.59 Å². The van der Waals surface area contributed by atoms with Crippen molar-refractivity contribution >= 4 is 11.8 Å². The Morgan fingerprint density at radius 3 is 2.21 bits per heavy atom. The van der Waals surface area contributed by atoms with Gasteiger partial charge >= 0.3 is 5.97 Å². The van der Waals surface area contributed by atoms with Gasteiger partial charge in [0.1, 0.15) is 0 Å². The molecule has 0 aromatic rings. The minimum atomic E-state index is -0.711. The third-order valence-corrected chi connectivity index (χ3v) is 13.1. The molecule has 0 aliphatic heterocycles. The maximum Gasteiger partial charge on any atom is 0.309 e. The molecule has 0 spiro atoms. The second kappa shape index (κ2) is 6.99. The van der Waals surface area contributed by atoms with Crippen LogP contribution in [0.3, 0.4) is 0 Å². The first-order valence-corrected chi connectivity index (χ1v) is 13.7. The SMILES string of the molecule is CC1(C)[C@@H](O)CC[C@]2(C)C3C(=O)C=C4C5C[C@@](C)(C(=O)O)CC[C@]5(C)CC[C@@]4(C)[C@]3(C)CC[C@@H]12. The lowest BCUT2D eigenvalue weighted by Crippen LogP contribution is -2.66. The summed E-state index contributed by atoms with van der Waals surface area (Å²) in [6.45, 7) is 15.8. The second-order valence-corrected chi connectivity index (χ2v) is 14.9. The highest BCUT2D eigenvalue weighted by atomic mass is 16.4. The lowest BCUT2D eigenvalue weighted by Gasteiger charge is -2.70. The molecule has 5 aliphatic rings. The van der Waals surface area contributed by atoms with E-state index in [1.54, 1.807) is 0 Å². The summed E-state index contributed by atoms with van der Waals surface area (Å²) in [6.07, 6.45) is 9.95. The summed E-state index contributed by atoms with van der Waals surface area (Å²) in [5, 5.41) is 20.9. The summed E-state index contributed by atoms with van der Waals surface area (Å²) >= 11 is 0. The Bertz CT molecular complexity index is 965. The molecular weight excluding hydrogens is 424 g/mol. The van der Waals surface area contributed by atoms with Gasteiger partial charge in [0.05, 0.1) is 11.5 Å². The molecule has 4 heteroatoms. The highest BCUT2D eigenvalue weighted by molar-refractivity contribution is 5.95. The summed E-state index contributed by atoms with van der Waals surface area (Å²) < 4.78 is 0. The molecule has 4 nitrogen and oxygen atoms in total. The summed E-state index contributed by atoms with van der Waals surface area (Å²) in [4.78, 5) is 26.4. The van der Waals surface area contributed by atoms with Gasteiger partial charge in [0, 0.05) is 5.92 Å². The number of hydrogen-bond acceptors (Lipinski definition) is 3. The van der Waals surface area contributed by atoms with Crippen molar-refractivity contribution in [3.63, 3.8) is 0 Å². The van der Waals surface area contributed by atoms with E-state index in [1.807, 2.05) is 13.0 Å². The Morgan fingerprint density at radius 1 is 0.912 bits per heavy atom. The van der Waals surface area contributed by atoms with Gasteiger partial charge < -0.3 is 10.2 Å². The fraction of sp³-hybridized carbons (Fsp3) is 0.867. The Hall–Kier alpha value is -1.16. The van der Waals surface area contributed by atoms with Gasteiger partial charge in [-0.25, -0.2) is 0 Å². The lowest BCUT2D eigenvalue weighted by atomic mass is 9.33. The van der Waals surface area contributed by atoms with Gasteiger partial charge in [-0.2, -0.15) is 0 Å². The molecule has 0 saturated heterocycles. The first-order chi connectivity index (χ1) is 15.6. The number of aliphatic hydroxyl groups is 1. The third kappa shape index (κ3) is 2.81. The fourth-order valence-electron chi connectivity index (χ4n) is 10.4. The number of rotatable bonds is 1. The predicted molar refractivity (Wildman–Crippen MR) is 133 cm³/mol. The van der Waals surface area contributed by atoms with Gasteiger partial charge in [0.2, 0.25) is 0 Å². The van der Waals surface area contributed by atoms with Crippen LogP contribution in [0, 0.1) is 50.2 Å². The van der Waals surface area contributed by atoms with Crippen molar-refractivity contribution in [3.05, 3.63) is 11.6 Å². The minimum Gasteiger partial charge on any atom is -0.481 e. The molecule has 0 radical (unpaired) electrons. The van der Waals surface area contributed by atoms with Gasteiger partial charge in [-0.05, 0) is 110 Å². The number of allylic oxidation sites excluding steroid dienone is 2. The Morgan fingerprint density at radius 2 is 1.56 bits per heavy atom. The van der Waals surface area contributed by atoms with Crippen molar-refractivity contribution in [1.82, 2.24) is 0 Å². The van der Waals surface area contributed by atoms with E-state index in [9.17, 15) is 19.8 Å². The van der Waals surface area contributed by atoms with Crippen molar-refractivity contribution in [2.75, 3.05) is 0 Å². The van der Waals surface area contributed by atoms with Gasteiger partial charge in [-0.1, -0.05) is 47.1 Å². The van der Waals surface area contributed by atoms with Crippen molar-refractivity contribution in [3.8, 4) is 0 Å². The topological polar surface area (TPSA) is 74.6 Å². The molecule has 34 heavy (non-hydrogen) atoms. The van der Waals surface area contributed by atoms with Crippen LogP contribution >= 0.6 is 0 Å². The molecule has 2 unspecified atom stereocenters. The van der Waals surface area contributed by atoms with Crippen molar-refractivity contribution in [2.24, 2.45) is 50.2 Å². The number of carbonyl (C=O) groups is 2. The van der Waals surface area contributed by atoms with Crippen molar-refractivity contribution in [1.29, 1.82) is 0 Å². The molecule has 9 atom stereocenters. The number of fused-ring (bicyclic) bond motifs is 7. The van der Waals surface area contributed by atoms with Crippen LogP contribution in [0.5, 0.6) is 0 Å². The highest BCUT2D eigenvalue weighted by Crippen LogP contribution is 2.75. The van der Waals surface area contributed by atoms with Crippen LogP contribution in [-0.4, -0.2) is 28.1 Å². The number of ketones is 1. The number of aliphatic hydroxyl groups excluding tert-OH is 1. The van der Waals surface area contributed by atoms with E-state index >= 15 is 0 Å². The highest BCUT2D eigenvalue weighted by Gasteiger charge is 2.70. The normalized spacial score (nSPS) is 54.1. The van der Waals surface area contributed by atoms with Crippen LogP contribution in [0.1, 0.15) is 106 Å². The zero-order valence-electron chi connectivity index (χ0n) is 22.5. The average molecular weight is 471 g/mol. The van der Waals surface area contributed by atoms with E-state index < -0.39 is 11.4 Å². The molecule has 0 amide bonds. The summed E-state index contributed by atoms with van der Waals surface area (Å²) in [5.41, 5.74) is 0.142. The maximum atomic E-state index is 14.2. The molecule has 5 aliphatic carbocycles. The van der Waals surface area contributed by atoms with Gasteiger partial charge in [0.15, 0.2) is 5.78 Å². The molecule has 0 bridgehead atoms. The Balaban J connectivity index is 1.62. The predicted octanol–water partition coefficient (Wildman–Crippen LogP) is 6.41. The first kappa shape index (κ1) is 24.5. The quantitative estimate of drug-likeness (QED) is 0.464. The molecule has 0 heterocycles. The average Bonchev–Trinajstić information content (AvgIpc) is 2.73. The van der Waals surface area contributed by atoms with Gasteiger partial charge in [-0.3, -0.25) is 9.59 Å². The van der Waals surface area contributed by atoms with E-state index in [1.165, 1.54) is 5.57 Å². The Kier molecular flexibility index (Phi) is 5.04. The monoisotopic (exact) mass is 470 g/mol. The van der Waals surface area contributed by atoms with E-state index in [2.05, 4.69) is 41.5 Å². The molecular formula is C30H46O4. The fourth-order valence-corrected chi connectivity index (χ4v) is 10.4. The molecule has 0 aromatic heterocycles. The smallest absolute Gasteiger partial charge is 0.309 e. The van der Waals surface area contributed by atoms with Crippen LogP contribution < -0.4 is 0 Å². The van der Waals surface area contributed by atoms with E-state index in [0.29, 0.717) is 12.3 Å². The number of hydrogen-bond donors (Lipinski definition) is 2. The first-order valence-electron chi connectivity index (χ1n) is 13.7. The van der Waals surface area contributed by atoms with Crippen LogP contribution in [0.15, 0.2) is 11.6 Å². The Labute approximate surface area is 206 Å². The molecule has 4 fully saturated rings. The minimum absolute atomic E-state index is 0.0296. The van der Waals surface area contributed by atoms with Crippen molar-refractivity contribution < 1.29 is 19.8 Å². The third-order valence-electron chi connectivity index (χ3n) is 13.1. The largest absolute Gasteiger partial charge is 0.481 e. The van der Waals surface area contributed by atoms with E-state index in [-0.39, 0.29) is 50.8 Å². The number of carboxylic acids is 1. The molecule has 4 saturated carbocycles. The van der Waals surface area contributed by atoms with Crippen LogP contribution in [0.2, 0.25) is 0 Å². The zero-order chi connectivity index (χ0) is 25.1. The standard InChI is InChI=1S/C30H46O4/c1-25(2)21-8-11-30(7)23(28(21,5)10-9-22(25)32)20(31)16-18-19-17-27(4,24(33)34)13-12-26(19,3)14-15-29(18,30)6/h16,19,21-23,32H,8-15,17H2,1-7H3,(H,33,34)/t19?,21-,22-,23?,26+,27-,28-,29+,30+/m0/s1. The second-order valence-electron chi connectivity index (χ2n) is 14.9. The number of carboxylic acid groups (broad SMARTS) is 1. The summed E-state index contributed by atoms with van der Waals surface area (Å²) in [5.74, 6) is 0.0603. The van der Waals surface area contributed by atoms with Gasteiger partial charge in [0.25, 0.3) is 0 Å². The molecule has 5 rings (SSSR count). The van der Waals surface area contributed by atoms with E-state index in [4.69, 9.17) is 0 Å². The molecule has 190 valence electrons. The maximum absolute atomic E-state index is 14.2. The summed E-state index contributed by atoms with van der Waals surface area (Å²) in [6, 6.07) is 0. The number of aliphatic carboxylic acids is 1. The lowest BCUT2D eigenvalue weighted by molar-refractivity contribution is -0.202. The molecule has 2 N–H and O–H groups in total. The van der Waals surface area contributed by atoms with Crippen LogP contribution in [0.25, 0.3) is 0 Å². The summed E-state index contributed by atoms with van der Waals surface area (Å²) in [7, 11) is 0. The van der Waals surface area contributed by atoms with Gasteiger partial charge in [-0.15, -0.1) is 0 Å². The van der Waals surface area contributed by atoms with Crippen molar-refractivity contribution in [2.45, 2.75) is 112 Å². The molecule has 0 aromatic carbocycles.